The average molecular weight is 491 g/mol. The molecule has 0 saturated carbocycles. The molecule has 35 heavy (non-hydrogen) atoms. The highest BCUT2D eigenvalue weighted by atomic mass is 16.6. The molecule has 4 amide bonds. The Kier molecular flexibility index (Phi) is 9.61. The number of ether oxygens (including phenoxy) is 2. The maximum atomic E-state index is 12.8. The van der Waals surface area contributed by atoms with Crippen molar-refractivity contribution in [2.75, 3.05) is 6.54 Å². The maximum Gasteiger partial charge on any atom is 0.410 e. The number of nitrogens with zero attached hydrogens (tertiary/aromatic N) is 1. The zero-order chi connectivity index (χ0) is 26.2. The van der Waals surface area contributed by atoms with Crippen molar-refractivity contribution in [1.82, 2.24) is 15.5 Å². The van der Waals surface area contributed by atoms with Gasteiger partial charge in [-0.25, -0.2) is 9.59 Å². The Labute approximate surface area is 204 Å². The molecule has 1 heterocycles. The quantitative estimate of drug-likeness (QED) is 0.436. The molecule has 1 aromatic carbocycles. The number of primary amides is 1. The number of hydrogen-bond donors (Lipinski definition) is 3. The third-order valence-electron chi connectivity index (χ3n) is 5.17. The van der Waals surface area contributed by atoms with Crippen molar-refractivity contribution in [3.8, 4) is 0 Å². The van der Waals surface area contributed by atoms with Gasteiger partial charge in [0, 0.05) is 6.54 Å². The van der Waals surface area contributed by atoms with E-state index in [9.17, 15) is 24.0 Å². The van der Waals surface area contributed by atoms with Crippen LogP contribution in [0.3, 0.4) is 0 Å². The summed E-state index contributed by atoms with van der Waals surface area (Å²) in [5.74, 6) is -2.86. The molecule has 192 valence electrons. The largest absolute Gasteiger partial charge is 0.459 e. The van der Waals surface area contributed by atoms with Crippen molar-refractivity contribution in [2.24, 2.45) is 5.73 Å². The molecule has 0 spiro atoms. The van der Waals surface area contributed by atoms with E-state index in [4.69, 9.17) is 15.2 Å². The van der Waals surface area contributed by atoms with Crippen LogP contribution in [-0.4, -0.2) is 65.0 Å². The van der Waals surface area contributed by atoms with Crippen molar-refractivity contribution in [1.29, 1.82) is 0 Å². The lowest BCUT2D eigenvalue weighted by atomic mass is 10.1. The molecule has 1 aliphatic heterocycles. The lowest BCUT2D eigenvalue weighted by molar-refractivity contribution is -0.150. The Morgan fingerprint density at radius 2 is 1.77 bits per heavy atom. The van der Waals surface area contributed by atoms with E-state index in [-0.39, 0.29) is 6.61 Å². The Bertz CT molecular complexity index is 930. The van der Waals surface area contributed by atoms with E-state index < -0.39 is 59.9 Å². The maximum absolute atomic E-state index is 12.8. The summed E-state index contributed by atoms with van der Waals surface area (Å²) in [5.41, 5.74) is 5.25. The van der Waals surface area contributed by atoms with E-state index in [0.717, 1.165) is 5.56 Å². The Hall–Kier alpha value is -3.63. The molecule has 0 aromatic heterocycles. The van der Waals surface area contributed by atoms with E-state index in [1.807, 2.05) is 6.07 Å². The third-order valence-corrected chi connectivity index (χ3v) is 5.17. The number of likely N-dealkylation sites (tertiary alicyclic amines) is 1. The van der Waals surface area contributed by atoms with Gasteiger partial charge in [0.15, 0.2) is 0 Å². The fourth-order valence-electron chi connectivity index (χ4n) is 3.47. The minimum atomic E-state index is -1.31. The summed E-state index contributed by atoms with van der Waals surface area (Å²) in [7, 11) is 0. The second-order valence-electron chi connectivity index (χ2n) is 9.39. The summed E-state index contributed by atoms with van der Waals surface area (Å²) >= 11 is 0. The van der Waals surface area contributed by atoms with E-state index in [2.05, 4.69) is 10.6 Å². The van der Waals surface area contributed by atoms with Gasteiger partial charge < -0.3 is 25.8 Å². The number of nitrogens with two attached hydrogens (primary N) is 1. The Morgan fingerprint density at radius 3 is 2.37 bits per heavy atom. The second kappa shape index (κ2) is 12.2. The van der Waals surface area contributed by atoms with Crippen molar-refractivity contribution in [2.45, 2.75) is 77.3 Å². The van der Waals surface area contributed by atoms with Gasteiger partial charge in [-0.2, -0.15) is 0 Å². The predicted molar refractivity (Wildman–Crippen MR) is 126 cm³/mol. The first-order chi connectivity index (χ1) is 16.4. The molecule has 11 nitrogen and oxygen atoms in total. The van der Waals surface area contributed by atoms with Crippen molar-refractivity contribution >= 4 is 29.8 Å². The predicted octanol–water partition coefficient (Wildman–Crippen LogP) is 0.994. The highest BCUT2D eigenvalue weighted by Crippen LogP contribution is 2.21. The van der Waals surface area contributed by atoms with Crippen LogP contribution in [0.15, 0.2) is 30.3 Å². The highest BCUT2D eigenvalue weighted by Gasteiger charge is 2.37. The fraction of sp³-hybridized carbons (Fsp3) is 0.542. The molecule has 1 saturated heterocycles. The van der Waals surface area contributed by atoms with Crippen molar-refractivity contribution in [3.05, 3.63) is 35.9 Å². The molecule has 2 rings (SSSR count). The number of hydrogen-bond acceptors (Lipinski definition) is 7. The minimum Gasteiger partial charge on any atom is -0.459 e. The molecule has 0 radical (unpaired) electrons. The summed E-state index contributed by atoms with van der Waals surface area (Å²) in [5, 5.41) is 4.97. The third kappa shape index (κ3) is 8.91. The second-order valence-corrected chi connectivity index (χ2v) is 9.39. The molecular formula is C24H34N4O7. The van der Waals surface area contributed by atoms with Crippen LogP contribution >= 0.6 is 0 Å². The van der Waals surface area contributed by atoms with Gasteiger partial charge in [-0.1, -0.05) is 30.3 Å². The van der Waals surface area contributed by atoms with Crippen LogP contribution in [0.5, 0.6) is 0 Å². The average Bonchev–Trinajstić information content (AvgIpc) is 3.26. The molecule has 11 heteroatoms. The normalized spacial score (nSPS) is 17.1. The monoisotopic (exact) mass is 490 g/mol. The fourth-order valence-corrected chi connectivity index (χ4v) is 3.47. The van der Waals surface area contributed by atoms with Gasteiger partial charge in [-0.15, -0.1) is 0 Å². The molecule has 1 fully saturated rings. The van der Waals surface area contributed by atoms with Crippen LogP contribution in [0, 0.1) is 0 Å². The first kappa shape index (κ1) is 27.6. The molecule has 4 N–H and O–H groups in total. The summed E-state index contributed by atoms with van der Waals surface area (Å²) in [6.45, 7) is 6.94. The first-order valence-electron chi connectivity index (χ1n) is 11.5. The number of benzene rings is 1. The van der Waals surface area contributed by atoms with E-state index >= 15 is 0 Å². The van der Waals surface area contributed by atoms with Gasteiger partial charge in [0.05, 0.1) is 6.42 Å². The number of nitrogens with one attached hydrogen (secondary N) is 2. The van der Waals surface area contributed by atoms with Gasteiger partial charge in [-0.3, -0.25) is 19.3 Å². The van der Waals surface area contributed by atoms with Crippen LogP contribution in [0.2, 0.25) is 0 Å². The number of carbonyl (C=O) groups excluding carboxylic acids is 5. The van der Waals surface area contributed by atoms with Crippen LogP contribution in [0.25, 0.3) is 0 Å². The zero-order valence-electron chi connectivity index (χ0n) is 20.5. The van der Waals surface area contributed by atoms with Gasteiger partial charge in [0.1, 0.15) is 30.3 Å². The molecule has 0 bridgehead atoms. The van der Waals surface area contributed by atoms with Gasteiger partial charge >= 0.3 is 12.1 Å². The van der Waals surface area contributed by atoms with Gasteiger partial charge in [0.25, 0.3) is 0 Å². The number of rotatable bonds is 9. The summed E-state index contributed by atoms with van der Waals surface area (Å²) < 4.78 is 10.6. The highest BCUT2D eigenvalue weighted by molar-refractivity contribution is 5.94. The van der Waals surface area contributed by atoms with Crippen molar-refractivity contribution < 1.29 is 33.4 Å². The number of esters is 1. The standard InChI is InChI=1S/C24H34N4O7/c1-15(26-21(31)18-11-8-12-28(18)23(33)35-24(2,3)4)20(30)27-17(13-19(25)29)22(32)34-14-16-9-6-5-7-10-16/h5-7,9-10,15,17-18H,8,11-14H2,1-4H3,(H2,25,29)(H,26,31)(H,27,30)/t15-,17-,18-/m0/s1. The summed E-state index contributed by atoms with van der Waals surface area (Å²) in [4.78, 5) is 63.2. The number of carbonyl (C=O) groups is 5. The van der Waals surface area contributed by atoms with E-state index in [0.29, 0.717) is 19.4 Å². The van der Waals surface area contributed by atoms with Gasteiger partial charge in [0.2, 0.25) is 17.7 Å². The molecule has 1 aliphatic rings. The molecular weight excluding hydrogens is 456 g/mol. The van der Waals surface area contributed by atoms with Crippen molar-refractivity contribution in [3.63, 3.8) is 0 Å². The summed E-state index contributed by atoms with van der Waals surface area (Å²) in [6.07, 6.45) is -0.0221. The smallest absolute Gasteiger partial charge is 0.410 e. The molecule has 0 aliphatic carbocycles. The lowest BCUT2D eigenvalue weighted by Gasteiger charge is -2.28. The lowest BCUT2D eigenvalue weighted by Crippen LogP contribution is -2.55. The SMILES string of the molecule is C[C@H](NC(=O)[C@@H]1CCCN1C(=O)OC(C)(C)C)C(=O)N[C@@H](CC(N)=O)C(=O)OCc1ccccc1. The molecule has 0 unspecified atom stereocenters. The van der Waals surface area contributed by atoms with Crippen LogP contribution < -0.4 is 16.4 Å². The minimum absolute atomic E-state index is 0.0424. The summed E-state index contributed by atoms with van der Waals surface area (Å²) in [6, 6.07) is 5.75. The Morgan fingerprint density at radius 1 is 1.11 bits per heavy atom. The van der Waals surface area contributed by atoms with Crippen LogP contribution in [0.4, 0.5) is 4.79 Å². The topological polar surface area (TPSA) is 157 Å². The van der Waals surface area contributed by atoms with E-state index in [1.165, 1.54) is 11.8 Å². The number of amides is 4. The van der Waals surface area contributed by atoms with Crippen LogP contribution in [0.1, 0.15) is 52.5 Å². The zero-order valence-corrected chi connectivity index (χ0v) is 20.5. The first-order valence-corrected chi connectivity index (χ1v) is 11.5. The van der Waals surface area contributed by atoms with Gasteiger partial charge in [-0.05, 0) is 46.1 Å². The molecule has 3 atom stereocenters. The Balaban J connectivity index is 1.95. The molecule has 1 aromatic rings. The van der Waals surface area contributed by atoms with E-state index in [1.54, 1.807) is 45.0 Å². The van der Waals surface area contributed by atoms with Crippen LogP contribution in [-0.2, 0) is 35.3 Å².